The van der Waals surface area contributed by atoms with Crippen molar-refractivity contribution in [2.75, 3.05) is 33.4 Å². The molecule has 1 heterocycles. The van der Waals surface area contributed by atoms with Gasteiger partial charge < -0.3 is 19.3 Å². The number of amides is 2. The Morgan fingerprint density at radius 3 is 2.68 bits per heavy atom. The first-order chi connectivity index (χ1) is 16.3. The third-order valence-corrected chi connectivity index (χ3v) is 6.98. The van der Waals surface area contributed by atoms with Gasteiger partial charge in [0, 0.05) is 31.6 Å². The molecule has 1 unspecified atom stereocenters. The van der Waals surface area contributed by atoms with Gasteiger partial charge in [-0.15, -0.1) is 0 Å². The SMILES string of the molecule is Cc1cc(OCC2(CC(=O)N(C)Cc3ccccc3)CN(C(=O)CC3CC3)CCO2)ccc1Cl. The minimum absolute atomic E-state index is 0.0452. The van der Waals surface area contributed by atoms with Crippen molar-refractivity contribution >= 4 is 23.4 Å². The standard InChI is InChI=1S/C27H33ClN2O4/c1-20-14-23(10-11-24(20)28)33-19-27(16-26(32)29(2)17-22-6-4-3-5-7-22)18-30(12-13-34-27)25(31)15-21-8-9-21/h3-7,10-11,14,21H,8-9,12-13,15-19H2,1-2H3. The van der Waals surface area contributed by atoms with Gasteiger partial charge in [-0.2, -0.15) is 0 Å². The third kappa shape index (κ3) is 6.51. The summed E-state index contributed by atoms with van der Waals surface area (Å²) in [5, 5.41) is 0.672. The van der Waals surface area contributed by atoms with Crippen molar-refractivity contribution in [1.82, 2.24) is 9.80 Å². The highest BCUT2D eigenvalue weighted by molar-refractivity contribution is 6.31. The molecule has 2 aromatic rings. The van der Waals surface area contributed by atoms with Gasteiger partial charge in [-0.25, -0.2) is 0 Å². The van der Waals surface area contributed by atoms with E-state index in [2.05, 4.69) is 0 Å². The monoisotopic (exact) mass is 484 g/mol. The molecule has 2 aromatic carbocycles. The van der Waals surface area contributed by atoms with Crippen molar-refractivity contribution in [3.8, 4) is 5.75 Å². The topological polar surface area (TPSA) is 59.1 Å². The lowest BCUT2D eigenvalue weighted by Gasteiger charge is -2.42. The zero-order chi connectivity index (χ0) is 24.1. The molecular weight excluding hydrogens is 452 g/mol. The lowest BCUT2D eigenvalue weighted by atomic mass is 9.96. The maximum Gasteiger partial charge on any atom is 0.225 e. The number of halogens is 1. The summed E-state index contributed by atoms with van der Waals surface area (Å²) in [5.74, 6) is 1.27. The van der Waals surface area contributed by atoms with Crippen LogP contribution in [0.25, 0.3) is 0 Å². The second-order valence-corrected chi connectivity index (χ2v) is 10.0. The van der Waals surface area contributed by atoms with E-state index < -0.39 is 5.60 Å². The largest absolute Gasteiger partial charge is 0.490 e. The molecule has 0 radical (unpaired) electrons. The number of hydrogen-bond acceptors (Lipinski definition) is 4. The van der Waals surface area contributed by atoms with Crippen LogP contribution >= 0.6 is 11.6 Å². The van der Waals surface area contributed by atoms with Gasteiger partial charge in [-0.05, 0) is 55.0 Å². The summed E-state index contributed by atoms with van der Waals surface area (Å²) in [6.45, 7) is 3.87. The molecule has 1 atom stereocenters. The van der Waals surface area contributed by atoms with Crippen LogP contribution in [0.1, 0.15) is 36.8 Å². The Labute approximate surface area is 206 Å². The number of carbonyl (C=O) groups is 2. The quantitative estimate of drug-likeness (QED) is 0.526. The van der Waals surface area contributed by atoms with Crippen LogP contribution in [0.4, 0.5) is 0 Å². The molecule has 0 aromatic heterocycles. The second-order valence-electron chi connectivity index (χ2n) is 9.61. The molecule has 0 N–H and O–H groups in total. The first kappa shape index (κ1) is 24.6. The van der Waals surface area contributed by atoms with Crippen LogP contribution in [-0.4, -0.2) is 60.6 Å². The van der Waals surface area contributed by atoms with Gasteiger partial charge in [-0.3, -0.25) is 9.59 Å². The molecule has 1 saturated carbocycles. The van der Waals surface area contributed by atoms with E-state index >= 15 is 0 Å². The minimum atomic E-state index is -0.910. The molecule has 0 spiro atoms. The number of hydrogen-bond donors (Lipinski definition) is 0. The Morgan fingerprint density at radius 2 is 1.97 bits per heavy atom. The van der Waals surface area contributed by atoms with Crippen molar-refractivity contribution in [1.29, 1.82) is 0 Å². The number of carbonyl (C=O) groups excluding carboxylic acids is 2. The van der Waals surface area contributed by atoms with Crippen molar-refractivity contribution in [3.63, 3.8) is 0 Å². The maximum absolute atomic E-state index is 13.3. The number of benzene rings is 2. The number of nitrogens with zero attached hydrogens (tertiary/aromatic N) is 2. The van der Waals surface area contributed by atoms with Crippen LogP contribution in [0.5, 0.6) is 5.75 Å². The van der Waals surface area contributed by atoms with E-state index in [0.29, 0.717) is 49.4 Å². The Kier molecular flexibility index (Phi) is 7.79. The smallest absolute Gasteiger partial charge is 0.225 e. The van der Waals surface area contributed by atoms with Gasteiger partial charge in [0.05, 0.1) is 19.6 Å². The first-order valence-electron chi connectivity index (χ1n) is 11.9. The molecule has 2 aliphatic rings. The van der Waals surface area contributed by atoms with E-state index in [1.54, 1.807) is 18.0 Å². The number of rotatable bonds is 9. The summed E-state index contributed by atoms with van der Waals surface area (Å²) in [6.07, 6.45) is 2.97. The van der Waals surface area contributed by atoms with E-state index in [1.807, 2.05) is 54.3 Å². The maximum atomic E-state index is 13.3. The van der Waals surface area contributed by atoms with Crippen LogP contribution < -0.4 is 4.74 Å². The normalized spacial score (nSPS) is 20.1. The third-order valence-electron chi connectivity index (χ3n) is 6.55. The molecule has 4 rings (SSSR count). The van der Waals surface area contributed by atoms with Gasteiger partial charge in [0.1, 0.15) is 18.0 Å². The summed E-state index contributed by atoms with van der Waals surface area (Å²) >= 11 is 6.15. The zero-order valence-corrected chi connectivity index (χ0v) is 20.7. The Morgan fingerprint density at radius 1 is 1.21 bits per heavy atom. The van der Waals surface area contributed by atoms with Crippen LogP contribution in [0, 0.1) is 12.8 Å². The van der Waals surface area contributed by atoms with Crippen molar-refractivity contribution in [3.05, 3.63) is 64.7 Å². The minimum Gasteiger partial charge on any atom is -0.490 e. The number of ether oxygens (including phenoxy) is 2. The van der Waals surface area contributed by atoms with E-state index in [4.69, 9.17) is 21.1 Å². The van der Waals surface area contributed by atoms with E-state index in [9.17, 15) is 9.59 Å². The second kappa shape index (κ2) is 10.8. The average molecular weight is 485 g/mol. The van der Waals surface area contributed by atoms with Crippen LogP contribution in [-0.2, 0) is 20.9 Å². The first-order valence-corrected chi connectivity index (χ1v) is 12.3. The molecule has 7 heteroatoms. The van der Waals surface area contributed by atoms with Crippen LogP contribution in [0.2, 0.25) is 5.02 Å². The van der Waals surface area contributed by atoms with E-state index in [-0.39, 0.29) is 24.8 Å². The van der Waals surface area contributed by atoms with Gasteiger partial charge in [0.2, 0.25) is 11.8 Å². The van der Waals surface area contributed by atoms with Crippen molar-refractivity contribution in [2.24, 2.45) is 5.92 Å². The number of aryl methyl sites for hydroxylation is 1. The molecule has 34 heavy (non-hydrogen) atoms. The summed E-state index contributed by atoms with van der Waals surface area (Å²) in [6, 6.07) is 15.4. The fourth-order valence-corrected chi connectivity index (χ4v) is 4.40. The average Bonchev–Trinajstić information content (AvgIpc) is 3.64. The van der Waals surface area contributed by atoms with Crippen LogP contribution in [0.15, 0.2) is 48.5 Å². The summed E-state index contributed by atoms with van der Waals surface area (Å²) in [7, 11) is 1.80. The molecule has 2 fully saturated rings. The molecule has 1 aliphatic carbocycles. The lowest BCUT2D eigenvalue weighted by molar-refractivity contribution is -0.165. The van der Waals surface area contributed by atoms with Gasteiger partial charge in [0.25, 0.3) is 0 Å². The van der Waals surface area contributed by atoms with Crippen molar-refractivity contribution in [2.45, 2.75) is 44.8 Å². The molecule has 182 valence electrons. The fraction of sp³-hybridized carbons (Fsp3) is 0.481. The summed E-state index contributed by atoms with van der Waals surface area (Å²) < 4.78 is 12.3. The van der Waals surface area contributed by atoms with Gasteiger partial charge in [-0.1, -0.05) is 41.9 Å². The summed E-state index contributed by atoms with van der Waals surface area (Å²) in [4.78, 5) is 29.7. The molecule has 1 aliphatic heterocycles. The predicted octanol–water partition coefficient (Wildman–Crippen LogP) is 4.47. The van der Waals surface area contributed by atoms with Crippen molar-refractivity contribution < 1.29 is 19.1 Å². The summed E-state index contributed by atoms with van der Waals surface area (Å²) in [5.41, 5.74) is 1.07. The molecule has 1 saturated heterocycles. The molecule has 6 nitrogen and oxygen atoms in total. The zero-order valence-electron chi connectivity index (χ0n) is 20.0. The van der Waals surface area contributed by atoms with Gasteiger partial charge >= 0.3 is 0 Å². The Balaban J connectivity index is 1.48. The Hall–Kier alpha value is -2.57. The Bertz CT molecular complexity index is 1010. The van der Waals surface area contributed by atoms with E-state index in [1.165, 1.54) is 0 Å². The van der Waals surface area contributed by atoms with Crippen LogP contribution in [0.3, 0.4) is 0 Å². The highest BCUT2D eigenvalue weighted by Crippen LogP contribution is 2.34. The fourth-order valence-electron chi connectivity index (χ4n) is 4.28. The highest BCUT2D eigenvalue weighted by atomic mass is 35.5. The molecule has 2 amide bonds. The lowest BCUT2D eigenvalue weighted by Crippen LogP contribution is -2.58. The molecular formula is C27H33ClN2O4. The van der Waals surface area contributed by atoms with E-state index in [0.717, 1.165) is 24.0 Å². The molecule has 0 bridgehead atoms. The predicted molar refractivity (Wildman–Crippen MR) is 132 cm³/mol. The van der Waals surface area contributed by atoms with Gasteiger partial charge in [0.15, 0.2) is 0 Å². The highest BCUT2D eigenvalue weighted by Gasteiger charge is 2.42. The number of morpholine rings is 1.